The molecule has 0 heterocycles. The molecule has 0 saturated heterocycles. The van der Waals surface area contributed by atoms with Gasteiger partial charge in [0.05, 0.1) is 0 Å². The summed E-state index contributed by atoms with van der Waals surface area (Å²) in [6, 6.07) is 3.94. The van der Waals surface area contributed by atoms with Gasteiger partial charge in [0.15, 0.2) is 11.5 Å². The minimum atomic E-state index is -1.37. The number of aliphatic hydroxyl groups excluding tert-OH is 1. The zero-order valence-corrected chi connectivity index (χ0v) is 9.53. The normalized spacial score (nSPS) is 12.3. The van der Waals surface area contributed by atoms with Gasteiger partial charge in [-0.15, -0.1) is 0 Å². The average molecular weight is 252 g/mol. The zero-order chi connectivity index (χ0) is 13.7. The van der Waals surface area contributed by atoms with Crippen LogP contribution in [-0.4, -0.2) is 33.4 Å². The van der Waals surface area contributed by atoms with E-state index < -0.39 is 18.0 Å². The highest BCUT2D eigenvalue weighted by atomic mass is 16.6. The molecule has 0 amide bonds. The second kappa shape index (κ2) is 5.83. The first-order valence-electron chi connectivity index (χ1n) is 5.04. The van der Waals surface area contributed by atoms with Crippen molar-refractivity contribution in [3.63, 3.8) is 0 Å². The number of ether oxygens (including phenoxy) is 1. The Balaban J connectivity index is 2.66. The van der Waals surface area contributed by atoms with E-state index in [1.54, 1.807) is 0 Å². The maximum atomic E-state index is 11.1. The smallest absolute Gasteiger partial charge is 0.342 e. The van der Waals surface area contributed by atoms with E-state index in [0.29, 0.717) is 5.56 Å². The number of phenolic OH excluding ortho intramolecular Hbond substituents is 2. The quantitative estimate of drug-likeness (QED) is 0.314. The summed E-state index contributed by atoms with van der Waals surface area (Å²) in [7, 11) is 0. The molecule has 6 nitrogen and oxygen atoms in total. The fourth-order valence-electron chi connectivity index (χ4n) is 1.03. The molecule has 0 saturated carbocycles. The second-order valence-corrected chi connectivity index (χ2v) is 3.50. The number of carbonyl (C=O) groups is 2. The number of rotatable bonds is 3. The third-order valence-electron chi connectivity index (χ3n) is 1.95. The van der Waals surface area contributed by atoms with Crippen LogP contribution in [0.25, 0.3) is 6.08 Å². The molecule has 0 aliphatic rings. The number of aliphatic hydroxyl groups is 1. The molecule has 1 unspecified atom stereocenters. The van der Waals surface area contributed by atoms with Gasteiger partial charge in [-0.25, -0.2) is 9.59 Å². The summed E-state index contributed by atoms with van der Waals surface area (Å²) in [6.45, 7) is 1.18. The Bertz CT molecular complexity index is 489. The number of hydrogen-bond donors (Lipinski definition) is 3. The highest BCUT2D eigenvalue weighted by molar-refractivity contribution is 5.95. The number of phenols is 2. The third kappa shape index (κ3) is 3.91. The Morgan fingerprint density at radius 3 is 2.50 bits per heavy atom. The minimum absolute atomic E-state index is 0.279. The molecule has 0 spiro atoms. The molecule has 0 aliphatic heterocycles. The Morgan fingerprint density at radius 2 is 1.94 bits per heavy atom. The molecule has 0 aromatic heterocycles. The van der Waals surface area contributed by atoms with Crippen LogP contribution < -0.4 is 0 Å². The Kier molecular flexibility index (Phi) is 4.45. The SMILES string of the molecule is CC(O)C(=O)OC(=O)/C=C/c1ccc(O)c(O)c1. The van der Waals surface area contributed by atoms with E-state index in [1.807, 2.05) is 0 Å². The molecule has 0 fully saturated rings. The van der Waals surface area contributed by atoms with Crippen molar-refractivity contribution < 1.29 is 29.6 Å². The number of esters is 2. The van der Waals surface area contributed by atoms with Gasteiger partial charge in [0.2, 0.25) is 0 Å². The average Bonchev–Trinajstić information content (AvgIpc) is 2.30. The van der Waals surface area contributed by atoms with Gasteiger partial charge in [0.25, 0.3) is 0 Å². The molecule has 1 aromatic rings. The van der Waals surface area contributed by atoms with E-state index in [1.165, 1.54) is 31.2 Å². The molecule has 1 rings (SSSR count). The monoisotopic (exact) mass is 252 g/mol. The van der Waals surface area contributed by atoms with E-state index in [2.05, 4.69) is 4.74 Å². The van der Waals surface area contributed by atoms with Crippen LogP contribution in [0.5, 0.6) is 11.5 Å². The fraction of sp³-hybridized carbons (Fsp3) is 0.167. The van der Waals surface area contributed by atoms with Crippen molar-refractivity contribution in [3.05, 3.63) is 29.8 Å². The molecular weight excluding hydrogens is 240 g/mol. The summed E-state index contributed by atoms with van der Waals surface area (Å²) in [5.41, 5.74) is 0.437. The Labute approximate surface area is 103 Å². The number of benzene rings is 1. The van der Waals surface area contributed by atoms with E-state index in [9.17, 15) is 14.7 Å². The zero-order valence-electron chi connectivity index (χ0n) is 9.53. The topological polar surface area (TPSA) is 104 Å². The third-order valence-corrected chi connectivity index (χ3v) is 1.95. The van der Waals surface area contributed by atoms with Gasteiger partial charge in [-0.2, -0.15) is 0 Å². The summed E-state index contributed by atoms with van der Waals surface area (Å²) in [5.74, 6) is -2.59. The van der Waals surface area contributed by atoms with Gasteiger partial charge in [0, 0.05) is 6.08 Å². The number of hydrogen-bond acceptors (Lipinski definition) is 6. The van der Waals surface area contributed by atoms with Crippen molar-refractivity contribution >= 4 is 18.0 Å². The van der Waals surface area contributed by atoms with Crippen molar-refractivity contribution in [2.24, 2.45) is 0 Å². The van der Waals surface area contributed by atoms with Crippen LogP contribution in [0.2, 0.25) is 0 Å². The standard InChI is InChI=1S/C12H12O6/c1-7(13)12(17)18-11(16)5-3-8-2-4-9(14)10(15)6-8/h2-7,13-15H,1H3/b5-3+. The lowest BCUT2D eigenvalue weighted by molar-refractivity contribution is -0.162. The summed E-state index contributed by atoms with van der Waals surface area (Å²) in [5, 5.41) is 27.1. The predicted octanol–water partition coefficient (Wildman–Crippen LogP) is 0.562. The van der Waals surface area contributed by atoms with Crippen molar-refractivity contribution in [1.29, 1.82) is 0 Å². The maximum absolute atomic E-state index is 11.1. The highest BCUT2D eigenvalue weighted by Gasteiger charge is 2.13. The van der Waals surface area contributed by atoms with Gasteiger partial charge in [0.1, 0.15) is 6.10 Å². The van der Waals surface area contributed by atoms with E-state index in [4.69, 9.17) is 10.2 Å². The minimum Gasteiger partial charge on any atom is -0.504 e. The lowest BCUT2D eigenvalue weighted by Crippen LogP contribution is -2.21. The lowest BCUT2D eigenvalue weighted by atomic mass is 10.2. The molecular formula is C12H12O6. The van der Waals surface area contributed by atoms with Gasteiger partial charge < -0.3 is 20.1 Å². The molecule has 3 N–H and O–H groups in total. The van der Waals surface area contributed by atoms with Crippen LogP contribution in [0.15, 0.2) is 24.3 Å². The van der Waals surface area contributed by atoms with E-state index in [-0.39, 0.29) is 11.5 Å². The molecule has 18 heavy (non-hydrogen) atoms. The Hall–Kier alpha value is -2.34. The maximum Gasteiger partial charge on any atom is 0.342 e. The molecule has 0 bridgehead atoms. The molecule has 96 valence electrons. The summed E-state index contributed by atoms with van der Waals surface area (Å²) in [6.07, 6.45) is 0.878. The first-order chi connectivity index (χ1) is 8.40. The summed E-state index contributed by atoms with van der Waals surface area (Å²) in [4.78, 5) is 22.0. The lowest BCUT2D eigenvalue weighted by Gasteiger charge is -2.01. The Morgan fingerprint density at radius 1 is 1.28 bits per heavy atom. The van der Waals surface area contributed by atoms with Crippen LogP contribution in [0.1, 0.15) is 12.5 Å². The molecule has 1 aromatic carbocycles. The van der Waals surface area contributed by atoms with Crippen molar-refractivity contribution in [1.82, 2.24) is 0 Å². The van der Waals surface area contributed by atoms with Crippen molar-refractivity contribution in [2.75, 3.05) is 0 Å². The van der Waals surface area contributed by atoms with Gasteiger partial charge >= 0.3 is 11.9 Å². The predicted molar refractivity (Wildman–Crippen MR) is 61.6 cm³/mol. The summed E-state index contributed by atoms with van der Waals surface area (Å²) < 4.78 is 4.26. The van der Waals surface area contributed by atoms with E-state index in [0.717, 1.165) is 6.08 Å². The van der Waals surface area contributed by atoms with Gasteiger partial charge in [-0.3, -0.25) is 0 Å². The summed E-state index contributed by atoms with van der Waals surface area (Å²) >= 11 is 0. The number of aromatic hydroxyl groups is 2. The van der Waals surface area contributed by atoms with Crippen LogP contribution in [0.4, 0.5) is 0 Å². The van der Waals surface area contributed by atoms with E-state index >= 15 is 0 Å². The van der Waals surface area contributed by atoms with Crippen LogP contribution in [0, 0.1) is 0 Å². The molecule has 0 aliphatic carbocycles. The molecule has 1 atom stereocenters. The number of carbonyl (C=O) groups excluding carboxylic acids is 2. The van der Waals surface area contributed by atoms with Gasteiger partial charge in [-0.05, 0) is 30.7 Å². The highest BCUT2D eigenvalue weighted by Crippen LogP contribution is 2.25. The second-order valence-electron chi connectivity index (χ2n) is 3.50. The largest absolute Gasteiger partial charge is 0.504 e. The fourth-order valence-corrected chi connectivity index (χ4v) is 1.03. The van der Waals surface area contributed by atoms with Crippen molar-refractivity contribution in [3.8, 4) is 11.5 Å². The molecule has 6 heteroatoms. The van der Waals surface area contributed by atoms with Crippen LogP contribution >= 0.6 is 0 Å². The van der Waals surface area contributed by atoms with Gasteiger partial charge in [-0.1, -0.05) is 6.07 Å². The first kappa shape index (κ1) is 13.7. The van der Waals surface area contributed by atoms with Crippen molar-refractivity contribution in [2.45, 2.75) is 13.0 Å². The molecule has 0 radical (unpaired) electrons. The van der Waals surface area contributed by atoms with Crippen LogP contribution in [0.3, 0.4) is 0 Å². The first-order valence-corrected chi connectivity index (χ1v) is 5.04. The van der Waals surface area contributed by atoms with Crippen LogP contribution in [-0.2, 0) is 14.3 Å².